The van der Waals surface area contributed by atoms with Gasteiger partial charge in [-0.3, -0.25) is 29.6 Å². The summed E-state index contributed by atoms with van der Waals surface area (Å²) in [7, 11) is 0. The van der Waals surface area contributed by atoms with Crippen LogP contribution in [0.3, 0.4) is 0 Å². The highest BCUT2D eigenvalue weighted by Gasteiger charge is 2.36. The first-order valence-corrected chi connectivity index (χ1v) is 14.5. The molecule has 2 aromatic heterocycles. The molecule has 2 aromatic carbocycles. The fourth-order valence-electron chi connectivity index (χ4n) is 4.75. The van der Waals surface area contributed by atoms with Crippen LogP contribution in [0.4, 0.5) is 11.6 Å². The van der Waals surface area contributed by atoms with Crippen molar-refractivity contribution in [3.05, 3.63) is 117 Å². The van der Waals surface area contributed by atoms with Gasteiger partial charge in [0.25, 0.3) is 11.2 Å². The number of nitrogens with zero attached hydrogens (tertiary/aromatic N) is 4. The van der Waals surface area contributed by atoms with Gasteiger partial charge in [-0.25, -0.2) is 9.79 Å². The molecule has 0 radical (unpaired) electrons. The van der Waals surface area contributed by atoms with Crippen molar-refractivity contribution in [2.45, 2.75) is 33.4 Å². The van der Waals surface area contributed by atoms with Crippen molar-refractivity contribution in [3.63, 3.8) is 0 Å². The summed E-state index contributed by atoms with van der Waals surface area (Å²) < 4.78 is 23.5. The third-order valence-corrected chi connectivity index (χ3v) is 7.71. The van der Waals surface area contributed by atoms with Crippen molar-refractivity contribution < 1.29 is 33.3 Å². The van der Waals surface area contributed by atoms with E-state index in [1.165, 1.54) is 35.8 Å². The quantitative estimate of drug-likeness (QED) is 0.131. The second-order valence-electron chi connectivity index (χ2n) is 9.54. The van der Waals surface area contributed by atoms with Crippen molar-refractivity contribution in [1.82, 2.24) is 4.57 Å². The van der Waals surface area contributed by atoms with Crippen LogP contribution in [-0.2, 0) is 16.1 Å². The lowest BCUT2D eigenvalue weighted by Crippen LogP contribution is -2.35. The summed E-state index contributed by atoms with van der Waals surface area (Å²) in [6, 6.07) is 13.1. The molecule has 5 rings (SSSR count). The van der Waals surface area contributed by atoms with Gasteiger partial charge >= 0.3 is 11.9 Å². The van der Waals surface area contributed by atoms with Gasteiger partial charge in [-0.05, 0) is 38.5 Å². The third-order valence-electron chi connectivity index (χ3n) is 6.73. The molecule has 0 saturated carbocycles. The summed E-state index contributed by atoms with van der Waals surface area (Å²) in [5, 5.41) is 23.4. The van der Waals surface area contributed by atoms with Gasteiger partial charge in [0, 0.05) is 11.8 Å². The van der Waals surface area contributed by atoms with Gasteiger partial charge < -0.3 is 18.6 Å². The minimum Gasteiger partial charge on any atom is -0.490 e. The van der Waals surface area contributed by atoms with E-state index in [0.717, 1.165) is 23.0 Å². The zero-order valence-corrected chi connectivity index (χ0v) is 25.1. The molecule has 45 heavy (non-hydrogen) atoms. The molecular formula is C30H26N4O10S. The Labute approximate surface area is 258 Å². The van der Waals surface area contributed by atoms with E-state index in [1.807, 2.05) is 30.3 Å². The van der Waals surface area contributed by atoms with E-state index in [9.17, 15) is 29.8 Å². The fraction of sp³-hybridized carbons (Fsp3) is 0.233. The Hall–Kier alpha value is -5.57. The number of benzene rings is 2. The number of fused-ring (bicyclic) bond motifs is 1. The van der Waals surface area contributed by atoms with Gasteiger partial charge in [-0.2, -0.15) is 0 Å². The summed E-state index contributed by atoms with van der Waals surface area (Å²) >= 11 is 0.928. The average Bonchev–Trinajstić information content (AvgIpc) is 3.61. The maximum absolute atomic E-state index is 13.5. The Bertz CT molecular complexity index is 2010. The predicted octanol–water partition coefficient (Wildman–Crippen LogP) is 4.29. The van der Waals surface area contributed by atoms with Gasteiger partial charge in [0.1, 0.15) is 27.9 Å². The summed E-state index contributed by atoms with van der Waals surface area (Å²) in [5.41, 5.74) is -0.00210. The molecule has 14 nitrogen and oxygen atoms in total. The molecule has 0 saturated heterocycles. The summed E-state index contributed by atoms with van der Waals surface area (Å²) in [6.45, 7) is 5.21. The number of aromatic nitrogens is 1. The number of hydrogen-bond acceptors (Lipinski definition) is 12. The van der Waals surface area contributed by atoms with Crippen LogP contribution in [0.5, 0.6) is 11.5 Å². The normalized spacial score (nSPS) is 14.5. The molecule has 0 bridgehead atoms. The highest BCUT2D eigenvalue weighted by Crippen LogP contribution is 2.43. The standard InChI is InChI=1S/C30H26N4O10S/c1-4-41-22-14-20(21(33(37)38)15-23(22)43-16-18-9-7-6-8-10-18)27-26(29(36)42-5-2)17(3)32-28(35)24(45-30(32)31-27)13-19-11-12-25(44-19)34(39)40/h6-15,27H,4-5,16H2,1-3H3/b24-13+/t27-/m1/s1. The van der Waals surface area contributed by atoms with Crippen LogP contribution < -0.4 is 24.4 Å². The minimum absolute atomic E-state index is 0.00256. The van der Waals surface area contributed by atoms with Gasteiger partial charge in [-0.15, -0.1) is 0 Å². The first kappa shape index (κ1) is 30.9. The summed E-state index contributed by atoms with van der Waals surface area (Å²) in [5.74, 6) is -0.918. The number of nitro groups is 2. The van der Waals surface area contributed by atoms with E-state index >= 15 is 0 Å². The Balaban J connectivity index is 1.69. The third kappa shape index (κ3) is 6.24. The SMILES string of the molecule is CCOC(=O)C1=C(C)n2c(s/c(=C/c3ccc([N+](=O)[O-])o3)c2=O)=N[C@@H]1c1cc(OCC)c(OCc2ccccc2)cc1[N+](=O)[O-]. The van der Waals surface area contributed by atoms with Crippen molar-refractivity contribution >= 4 is 40.7 Å². The monoisotopic (exact) mass is 634 g/mol. The highest BCUT2D eigenvalue weighted by atomic mass is 32.1. The van der Waals surface area contributed by atoms with Gasteiger partial charge in [0.15, 0.2) is 16.3 Å². The van der Waals surface area contributed by atoms with Crippen LogP contribution >= 0.6 is 11.3 Å². The maximum Gasteiger partial charge on any atom is 0.433 e. The zero-order chi connectivity index (χ0) is 32.2. The Kier molecular flexibility index (Phi) is 8.90. The van der Waals surface area contributed by atoms with Gasteiger partial charge in [-0.1, -0.05) is 41.7 Å². The second kappa shape index (κ2) is 13.0. The summed E-state index contributed by atoms with van der Waals surface area (Å²) in [6.07, 6.45) is 1.32. The number of carbonyl (C=O) groups excluding carboxylic acids is 1. The number of nitro benzene ring substituents is 1. The van der Waals surface area contributed by atoms with E-state index in [-0.39, 0.29) is 68.9 Å². The number of hydrogen-bond donors (Lipinski definition) is 0. The van der Waals surface area contributed by atoms with Gasteiger partial charge in [0.2, 0.25) is 0 Å². The molecule has 4 aromatic rings. The van der Waals surface area contributed by atoms with E-state index in [1.54, 1.807) is 13.8 Å². The Morgan fingerprint density at radius 3 is 2.42 bits per heavy atom. The molecule has 1 aliphatic rings. The molecule has 1 aliphatic heterocycles. The number of esters is 1. The van der Waals surface area contributed by atoms with Crippen molar-refractivity contribution in [2.24, 2.45) is 4.99 Å². The van der Waals surface area contributed by atoms with Crippen LogP contribution in [0.2, 0.25) is 0 Å². The summed E-state index contributed by atoms with van der Waals surface area (Å²) in [4.78, 5) is 53.7. The number of allylic oxidation sites excluding steroid dienone is 1. The van der Waals surface area contributed by atoms with E-state index in [0.29, 0.717) is 0 Å². The first-order chi connectivity index (χ1) is 21.6. The smallest absolute Gasteiger partial charge is 0.433 e. The molecule has 0 unspecified atom stereocenters. The zero-order valence-electron chi connectivity index (χ0n) is 24.3. The molecular weight excluding hydrogens is 608 g/mol. The van der Waals surface area contributed by atoms with Crippen LogP contribution in [-0.4, -0.2) is 33.6 Å². The van der Waals surface area contributed by atoms with Crippen LogP contribution in [0.1, 0.15) is 43.7 Å². The van der Waals surface area contributed by atoms with E-state index in [2.05, 4.69) is 4.99 Å². The number of rotatable bonds is 11. The largest absolute Gasteiger partial charge is 0.490 e. The lowest BCUT2D eigenvalue weighted by molar-refractivity contribution is -0.402. The van der Waals surface area contributed by atoms with E-state index in [4.69, 9.17) is 18.6 Å². The lowest BCUT2D eigenvalue weighted by atomic mass is 9.94. The van der Waals surface area contributed by atoms with Crippen molar-refractivity contribution in [3.8, 4) is 11.5 Å². The number of thiazole rings is 1. The molecule has 1 atom stereocenters. The van der Waals surface area contributed by atoms with Gasteiger partial charge in [0.05, 0.1) is 41.4 Å². The minimum atomic E-state index is -1.25. The molecule has 232 valence electrons. The van der Waals surface area contributed by atoms with Crippen LogP contribution in [0.25, 0.3) is 11.8 Å². The second-order valence-corrected chi connectivity index (χ2v) is 10.5. The van der Waals surface area contributed by atoms with Crippen molar-refractivity contribution in [1.29, 1.82) is 0 Å². The average molecular weight is 635 g/mol. The molecule has 0 aliphatic carbocycles. The molecule has 0 spiro atoms. The predicted molar refractivity (Wildman–Crippen MR) is 162 cm³/mol. The Morgan fingerprint density at radius 2 is 1.78 bits per heavy atom. The molecule has 0 amide bonds. The van der Waals surface area contributed by atoms with Crippen LogP contribution in [0.15, 0.2) is 74.4 Å². The topological polar surface area (TPSA) is 179 Å². The number of furan rings is 1. The van der Waals surface area contributed by atoms with E-state index < -0.39 is 33.3 Å². The Morgan fingerprint density at radius 1 is 1.04 bits per heavy atom. The number of carbonyl (C=O) groups is 1. The first-order valence-electron chi connectivity index (χ1n) is 13.7. The fourth-order valence-corrected chi connectivity index (χ4v) is 5.77. The lowest BCUT2D eigenvalue weighted by Gasteiger charge is -2.23. The molecule has 3 heterocycles. The molecule has 0 N–H and O–H groups in total. The number of ether oxygens (including phenoxy) is 3. The van der Waals surface area contributed by atoms with Crippen molar-refractivity contribution in [2.75, 3.05) is 13.2 Å². The molecule has 15 heteroatoms. The molecule has 0 fully saturated rings. The maximum atomic E-state index is 13.5. The highest BCUT2D eigenvalue weighted by molar-refractivity contribution is 7.07. The van der Waals surface area contributed by atoms with Crippen LogP contribution in [0, 0.1) is 20.2 Å².